The van der Waals surface area contributed by atoms with Gasteiger partial charge in [0.05, 0.1) is 11.3 Å². The number of hydrogen-bond acceptors (Lipinski definition) is 5. The Bertz CT molecular complexity index is 601. The summed E-state index contributed by atoms with van der Waals surface area (Å²) in [6, 6.07) is 8.64. The van der Waals surface area contributed by atoms with Gasteiger partial charge >= 0.3 is 0 Å². The molecule has 0 aliphatic rings. The lowest BCUT2D eigenvalue weighted by Gasteiger charge is -2.05. The molecule has 0 N–H and O–H groups in total. The van der Waals surface area contributed by atoms with Crippen LogP contribution < -0.4 is 0 Å². The fourth-order valence-electron chi connectivity index (χ4n) is 1.45. The molecule has 84 valence electrons. The van der Waals surface area contributed by atoms with Gasteiger partial charge in [-0.1, -0.05) is 35.5 Å². The van der Waals surface area contributed by atoms with Gasteiger partial charge in [0.15, 0.2) is 10.1 Å². The molecule has 6 heteroatoms. The molecule has 1 aromatic heterocycles. The molecule has 0 radical (unpaired) electrons. The van der Waals surface area contributed by atoms with Crippen molar-refractivity contribution in [3.8, 4) is 11.1 Å². The highest BCUT2D eigenvalue weighted by atomic mass is 32.2. The lowest BCUT2D eigenvalue weighted by Crippen LogP contribution is -1.98. The number of hydrogen-bond donors (Lipinski definition) is 0. The van der Waals surface area contributed by atoms with E-state index in [1.54, 1.807) is 37.3 Å². The quantitative estimate of drug-likeness (QED) is 0.741. The Kier molecular flexibility index (Phi) is 2.53. The zero-order valence-corrected chi connectivity index (χ0v) is 9.19. The van der Waals surface area contributed by atoms with E-state index in [4.69, 9.17) is 0 Å². The molecule has 0 saturated heterocycles. The van der Waals surface area contributed by atoms with Gasteiger partial charge in [0.25, 0.3) is 0 Å². The maximum absolute atomic E-state index is 11.0. The molecule has 0 fully saturated rings. The van der Waals surface area contributed by atoms with Crippen molar-refractivity contribution in [1.29, 1.82) is 0 Å². The van der Waals surface area contributed by atoms with E-state index in [0.29, 0.717) is 11.3 Å². The Morgan fingerprint density at radius 1 is 1.25 bits per heavy atom. The smallest absolute Gasteiger partial charge is 0.246 e. The van der Waals surface area contributed by atoms with Gasteiger partial charge < -0.3 is 9.08 Å². The standard InChI is InChI=1S/C10H9NO4S/c1-7-9(8-5-3-2-4-6-8)10(15-11-7)16(12,13)14/h2-6H,1H3,(H,12,13,14)/p-1. The topological polar surface area (TPSA) is 83.2 Å². The summed E-state index contributed by atoms with van der Waals surface area (Å²) in [6.07, 6.45) is 0. The number of aryl methyl sites for hydroxylation is 1. The van der Waals surface area contributed by atoms with Crippen molar-refractivity contribution in [2.75, 3.05) is 0 Å². The number of aromatic nitrogens is 1. The lowest BCUT2D eigenvalue weighted by atomic mass is 10.1. The Balaban J connectivity index is 2.71. The van der Waals surface area contributed by atoms with Crippen molar-refractivity contribution in [2.24, 2.45) is 0 Å². The Morgan fingerprint density at radius 3 is 2.44 bits per heavy atom. The third-order valence-electron chi connectivity index (χ3n) is 2.12. The van der Waals surface area contributed by atoms with E-state index in [1.807, 2.05) is 0 Å². The molecule has 2 rings (SSSR count). The van der Waals surface area contributed by atoms with Crippen LogP contribution in [-0.4, -0.2) is 18.1 Å². The SMILES string of the molecule is Cc1noc(S(=O)(=O)[O-])c1-c1ccccc1. The number of nitrogens with zero attached hydrogens (tertiary/aromatic N) is 1. The monoisotopic (exact) mass is 238 g/mol. The van der Waals surface area contributed by atoms with Crippen molar-refractivity contribution in [1.82, 2.24) is 5.16 Å². The molecule has 0 bridgehead atoms. The van der Waals surface area contributed by atoms with Crippen LogP contribution >= 0.6 is 0 Å². The highest BCUT2D eigenvalue weighted by Crippen LogP contribution is 2.29. The van der Waals surface area contributed by atoms with Crippen LogP contribution in [0.1, 0.15) is 5.69 Å². The summed E-state index contributed by atoms with van der Waals surface area (Å²) < 4.78 is 37.4. The molecule has 0 saturated carbocycles. The van der Waals surface area contributed by atoms with Gasteiger partial charge in [0.1, 0.15) is 0 Å². The van der Waals surface area contributed by atoms with E-state index in [-0.39, 0.29) is 5.56 Å². The minimum atomic E-state index is -4.64. The molecule has 0 spiro atoms. The maximum Gasteiger partial charge on any atom is 0.246 e. The molecular formula is C10H8NO4S-. The second kappa shape index (κ2) is 3.73. The third kappa shape index (κ3) is 1.84. The van der Waals surface area contributed by atoms with Crippen LogP contribution in [0.4, 0.5) is 0 Å². The van der Waals surface area contributed by atoms with Crippen molar-refractivity contribution >= 4 is 10.1 Å². The first kappa shape index (κ1) is 10.8. The minimum Gasteiger partial charge on any atom is -0.742 e. The van der Waals surface area contributed by atoms with Gasteiger partial charge in [-0.25, -0.2) is 8.42 Å². The van der Waals surface area contributed by atoms with E-state index < -0.39 is 15.2 Å². The molecule has 1 heterocycles. The predicted octanol–water partition coefficient (Wildman–Crippen LogP) is 1.55. The predicted molar refractivity (Wildman–Crippen MR) is 54.6 cm³/mol. The lowest BCUT2D eigenvalue weighted by molar-refractivity contribution is 0.320. The fraction of sp³-hybridized carbons (Fsp3) is 0.100. The summed E-state index contributed by atoms with van der Waals surface area (Å²) in [6.45, 7) is 1.58. The fourth-order valence-corrected chi connectivity index (χ4v) is 2.10. The number of benzene rings is 1. The molecule has 0 aliphatic carbocycles. The highest BCUT2D eigenvalue weighted by molar-refractivity contribution is 7.85. The average molecular weight is 238 g/mol. The Morgan fingerprint density at radius 2 is 1.88 bits per heavy atom. The molecule has 1 aromatic carbocycles. The molecule has 0 unspecified atom stereocenters. The molecule has 0 aliphatic heterocycles. The summed E-state index contributed by atoms with van der Waals surface area (Å²) in [5.74, 6) is 0. The van der Waals surface area contributed by atoms with E-state index in [1.165, 1.54) is 0 Å². The molecule has 0 amide bonds. The first-order chi connectivity index (χ1) is 7.50. The van der Waals surface area contributed by atoms with Gasteiger partial charge in [-0.3, -0.25) is 0 Å². The Labute approximate surface area is 92.4 Å². The summed E-state index contributed by atoms with van der Waals surface area (Å²) in [7, 11) is -4.64. The highest BCUT2D eigenvalue weighted by Gasteiger charge is 2.19. The second-order valence-corrected chi connectivity index (χ2v) is 4.53. The van der Waals surface area contributed by atoms with Gasteiger partial charge in [-0.2, -0.15) is 0 Å². The van der Waals surface area contributed by atoms with Gasteiger partial charge in [-0.15, -0.1) is 0 Å². The van der Waals surface area contributed by atoms with E-state index >= 15 is 0 Å². The average Bonchev–Trinajstić information content (AvgIpc) is 2.61. The van der Waals surface area contributed by atoms with Crippen LogP contribution in [0, 0.1) is 6.92 Å². The van der Waals surface area contributed by atoms with Crippen molar-refractivity contribution in [3.63, 3.8) is 0 Å². The third-order valence-corrected chi connectivity index (χ3v) is 2.85. The summed E-state index contributed by atoms with van der Waals surface area (Å²) in [5.41, 5.74) is 1.20. The molecular weight excluding hydrogens is 230 g/mol. The maximum atomic E-state index is 11.0. The molecule has 5 nitrogen and oxygen atoms in total. The summed E-state index contributed by atoms with van der Waals surface area (Å²) >= 11 is 0. The summed E-state index contributed by atoms with van der Waals surface area (Å²) in [5, 5.41) is 2.88. The minimum absolute atomic E-state index is 0.232. The first-order valence-corrected chi connectivity index (χ1v) is 5.88. The van der Waals surface area contributed by atoms with Crippen molar-refractivity contribution in [2.45, 2.75) is 12.0 Å². The normalized spacial score (nSPS) is 11.6. The molecule has 2 aromatic rings. The van der Waals surface area contributed by atoms with Gasteiger partial charge in [-0.05, 0) is 12.5 Å². The molecule has 16 heavy (non-hydrogen) atoms. The van der Waals surface area contributed by atoms with Crippen LogP contribution in [0.5, 0.6) is 0 Å². The van der Waals surface area contributed by atoms with E-state index in [2.05, 4.69) is 9.68 Å². The van der Waals surface area contributed by atoms with Crippen LogP contribution in [0.15, 0.2) is 39.9 Å². The molecule has 0 atom stereocenters. The zero-order chi connectivity index (χ0) is 11.8. The van der Waals surface area contributed by atoms with Crippen LogP contribution in [0.3, 0.4) is 0 Å². The zero-order valence-electron chi connectivity index (χ0n) is 8.38. The first-order valence-electron chi connectivity index (χ1n) is 4.48. The van der Waals surface area contributed by atoms with E-state index in [0.717, 1.165) is 0 Å². The second-order valence-electron chi connectivity index (χ2n) is 3.25. The largest absolute Gasteiger partial charge is 0.742 e. The van der Waals surface area contributed by atoms with E-state index in [9.17, 15) is 13.0 Å². The summed E-state index contributed by atoms with van der Waals surface area (Å²) in [4.78, 5) is 0. The Hall–Kier alpha value is -1.66. The van der Waals surface area contributed by atoms with Gasteiger partial charge in [0.2, 0.25) is 5.09 Å². The number of rotatable bonds is 2. The van der Waals surface area contributed by atoms with Crippen LogP contribution in [-0.2, 0) is 10.1 Å². The van der Waals surface area contributed by atoms with Crippen molar-refractivity contribution < 1.29 is 17.5 Å². The van der Waals surface area contributed by atoms with Crippen LogP contribution in [0.2, 0.25) is 0 Å². The van der Waals surface area contributed by atoms with Gasteiger partial charge in [0, 0.05) is 0 Å². The van der Waals surface area contributed by atoms with Crippen molar-refractivity contribution in [3.05, 3.63) is 36.0 Å². The van der Waals surface area contributed by atoms with Crippen LogP contribution in [0.25, 0.3) is 11.1 Å².